The van der Waals surface area contributed by atoms with Gasteiger partial charge >= 0.3 is 0 Å². The van der Waals surface area contributed by atoms with E-state index in [4.69, 9.17) is 4.74 Å². The van der Waals surface area contributed by atoms with Crippen LogP contribution in [0, 0.1) is 0 Å². The van der Waals surface area contributed by atoms with Gasteiger partial charge in [-0.2, -0.15) is 4.31 Å². The molecule has 0 bridgehead atoms. The summed E-state index contributed by atoms with van der Waals surface area (Å²) >= 11 is 1.57. The summed E-state index contributed by atoms with van der Waals surface area (Å²) in [5, 5.41) is 4.59. The molecule has 3 rings (SSSR count). The average molecular weight is 380 g/mol. The first-order valence-corrected chi connectivity index (χ1v) is 10.3. The number of carbonyl (C=O) groups is 1. The van der Waals surface area contributed by atoms with E-state index < -0.39 is 10.0 Å². The number of nitrogens with one attached hydrogen (secondary N) is 1. The van der Waals surface area contributed by atoms with E-state index in [1.165, 1.54) is 26.2 Å². The molecule has 0 spiro atoms. The smallest absolute Gasteiger partial charge is 0.243 e. The molecule has 0 radical (unpaired) electrons. The van der Waals surface area contributed by atoms with Gasteiger partial charge in [-0.05, 0) is 36.4 Å². The topological polar surface area (TPSA) is 75.7 Å². The highest BCUT2D eigenvalue weighted by Gasteiger charge is 2.37. The Kier molecular flexibility index (Phi) is 5.12. The summed E-state index contributed by atoms with van der Waals surface area (Å²) in [7, 11) is -2.20. The fourth-order valence-electron chi connectivity index (χ4n) is 3.05. The lowest BCUT2D eigenvalue weighted by atomic mass is 10.2. The third-order valence-electron chi connectivity index (χ3n) is 4.17. The van der Waals surface area contributed by atoms with E-state index in [9.17, 15) is 13.2 Å². The average Bonchev–Trinajstić information content (AvgIpc) is 3.25. The van der Waals surface area contributed by atoms with Gasteiger partial charge in [-0.1, -0.05) is 6.07 Å². The van der Waals surface area contributed by atoms with Crippen LogP contribution in [0.25, 0.3) is 0 Å². The molecular weight excluding hydrogens is 360 g/mol. The molecule has 0 aliphatic carbocycles. The van der Waals surface area contributed by atoms with E-state index in [-0.39, 0.29) is 16.8 Å². The molecule has 1 saturated heterocycles. The second kappa shape index (κ2) is 7.15. The van der Waals surface area contributed by atoms with E-state index >= 15 is 0 Å². The van der Waals surface area contributed by atoms with E-state index in [2.05, 4.69) is 5.32 Å². The summed E-state index contributed by atoms with van der Waals surface area (Å²) in [6, 6.07) is 8.32. The largest absolute Gasteiger partial charge is 0.495 e. The molecule has 134 valence electrons. The number of rotatable bonds is 5. The summed E-state index contributed by atoms with van der Waals surface area (Å²) in [6.07, 6.45) is 1.66. The molecule has 2 heterocycles. The zero-order chi connectivity index (χ0) is 18.0. The second-order valence-corrected chi connectivity index (χ2v) is 8.70. The van der Waals surface area contributed by atoms with Gasteiger partial charge in [0.1, 0.15) is 5.75 Å². The van der Waals surface area contributed by atoms with Crippen LogP contribution in [0.4, 0.5) is 5.69 Å². The Hall–Kier alpha value is -1.90. The lowest BCUT2D eigenvalue weighted by Crippen LogP contribution is -2.30. The minimum atomic E-state index is -3.64. The Morgan fingerprint density at radius 2 is 2.16 bits per heavy atom. The molecule has 25 heavy (non-hydrogen) atoms. The molecule has 6 nitrogen and oxygen atoms in total. The van der Waals surface area contributed by atoms with E-state index in [0.717, 1.165) is 17.7 Å². The van der Waals surface area contributed by atoms with Crippen LogP contribution >= 0.6 is 11.3 Å². The fraction of sp³-hybridized carbons (Fsp3) is 0.353. The Labute approximate surface area is 151 Å². The van der Waals surface area contributed by atoms with Crippen LogP contribution in [-0.2, 0) is 14.8 Å². The number of carbonyl (C=O) groups excluding carboxylic acids is 1. The van der Waals surface area contributed by atoms with Crippen LogP contribution < -0.4 is 10.1 Å². The highest BCUT2D eigenvalue weighted by Crippen LogP contribution is 2.39. The first kappa shape index (κ1) is 17.9. The molecular formula is C17H20N2O4S2. The molecule has 1 aliphatic heterocycles. The summed E-state index contributed by atoms with van der Waals surface area (Å²) in [5.41, 5.74) is 0.449. The first-order chi connectivity index (χ1) is 11.9. The van der Waals surface area contributed by atoms with Crippen molar-refractivity contribution in [2.45, 2.75) is 30.7 Å². The van der Waals surface area contributed by atoms with Crippen LogP contribution in [0.2, 0.25) is 0 Å². The van der Waals surface area contributed by atoms with Crippen molar-refractivity contribution in [2.24, 2.45) is 0 Å². The number of methoxy groups -OCH3 is 1. The number of ether oxygens (including phenoxy) is 1. The lowest BCUT2D eigenvalue weighted by Gasteiger charge is -2.23. The quantitative estimate of drug-likeness (QED) is 0.864. The fourth-order valence-corrected chi connectivity index (χ4v) is 5.68. The van der Waals surface area contributed by atoms with Crippen molar-refractivity contribution in [3.05, 3.63) is 40.6 Å². The van der Waals surface area contributed by atoms with Crippen molar-refractivity contribution in [1.29, 1.82) is 0 Å². The maximum Gasteiger partial charge on any atom is 0.243 e. The molecule has 1 aromatic heterocycles. The molecule has 0 saturated carbocycles. The summed E-state index contributed by atoms with van der Waals surface area (Å²) < 4.78 is 33.1. The summed E-state index contributed by atoms with van der Waals surface area (Å²) in [4.78, 5) is 12.5. The van der Waals surface area contributed by atoms with Gasteiger partial charge in [0, 0.05) is 24.4 Å². The van der Waals surface area contributed by atoms with Gasteiger partial charge in [-0.25, -0.2) is 8.42 Å². The molecule has 2 aromatic rings. The summed E-state index contributed by atoms with van der Waals surface area (Å²) in [6.45, 7) is 1.89. The molecule has 1 N–H and O–H groups in total. The van der Waals surface area contributed by atoms with Crippen LogP contribution in [0.5, 0.6) is 5.75 Å². The second-order valence-electron chi connectivity index (χ2n) is 5.83. The molecule has 1 aromatic carbocycles. The number of amides is 1. The van der Waals surface area contributed by atoms with Crippen LogP contribution in [0.1, 0.15) is 30.7 Å². The molecule has 1 aliphatic rings. The highest BCUT2D eigenvalue weighted by molar-refractivity contribution is 7.89. The van der Waals surface area contributed by atoms with Crippen molar-refractivity contribution in [3.8, 4) is 5.75 Å². The summed E-state index contributed by atoms with van der Waals surface area (Å²) in [5.74, 6) is 0.0781. The minimum Gasteiger partial charge on any atom is -0.495 e. The van der Waals surface area contributed by atoms with Gasteiger partial charge in [0.2, 0.25) is 15.9 Å². The molecule has 1 atom stereocenters. The van der Waals surface area contributed by atoms with Gasteiger partial charge in [-0.15, -0.1) is 11.3 Å². The number of anilines is 1. The van der Waals surface area contributed by atoms with Crippen molar-refractivity contribution < 1.29 is 17.9 Å². The van der Waals surface area contributed by atoms with E-state index in [1.807, 2.05) is 17.5 Å². The number of benzene rings is 1. The standard InChI is InChI=1S/C17H20N2O4S2/c1-12(20)18-14-8-7-13(11-16(14)23-2)25(21,22)19-9-3-5-15(19)17-6-4-10-24-17/h4,6-8,10-11,15H,3,5,9H2,1-2H3,(H,18,20)/t15-/m0/s1. The van der Waals surface area contributed by atoms with Crippen molar-refractivity contribution in [3.63, 3.8) is 0 Å². The van der Waals surface area contributed by atoms with Gasteiger partial charge in [-0.3, -0.25) is 4.79 Å². The monoisotopic (exact) mass is 380 g/mol. The number of sulfonamides is 1. The Morgan fingerprint density at radius 3 is 2.80 bits per heavy atom. The predicted octanol–water partition coefficient (Wildman–Crippen LogP) is 3.24. The maximum absolute atomic E-state index is 13.1. The zero-order valence-electron chi connectivity index (χ0n) is 14.1. The minimum absolute atomic E-state index is 0.119. The molecule has 1 amide bonds. The predicted molar refractivity (Wildman–Crippen MR) is 97.5 cm³/mol. The van der Waals surface area contributed by atoms with Gasteiger partial charge in [0.25, 0.3) is 0 Å². The lowest BCUT2D eigenvalue weighted by molar-refractivity contribution is -0.114. The van der Waals surface area contributed by atoms with Crippen LogP contribution in [0.3, 0.4) is 0 Å². The van der Waals surface area contributed by atoms with E-state index in [0.29, 0.717) is 18.0 Å². The zero-order valence-corrected chi connectivity index (χ0v) is 15.7. The molecule has 8 heteroatoms. The Morgan fingerprint density at radius 1 is 1.36 bits per heavy atom. The molecule has 0 unspecified atom stereocenters. The van der Waals surface area contributed by atoms with Crippen LogP contribution in [0.15, 0.2) is 40.6 Å². The first-order valence-electron chi connectivity index (χ1n) is 7.94. The SMILES string of the molecule is COc1cc(S(=O)(=O)N2CCC[C@H]2c2cccs2)ccc1NC(C)=O. The van der Waals surface area contributed by atoms with Crippen molar-refractivity contribution in [1.82, 2.24) is 4.31 Å². The Balaban J connectivity index is 1.95. The highest BCUT2D eigenvalue weighted by atomic mass is 32.2. The number of thiophene rings is 1. The third kappa shape index (κ3) is 3.56. The van der Waals surface area contributed by atoms with E-state index in [1.54, 1.807) is 21.7 Å². The molecule has 1 fully saturated rings. The Bertz CT molecular complexity index is 863. The van der Waals surface area contributed by atoms with Gasteiger partial charge in [0.15, 0.2) is 0 Å². The number of nitrogens with zero attached hydrogens (tertiary/aromatic N) is 1. The van der Waals surface area contributed by atoms with Crippen LogP contribution in [-0.4, -0.2) is 32.3 Å². The maximum atomic E-state index is 13.1. The van der Waals surface area contributed by atoms with Crippen molar-refractivity contribution >= 4 is 33.0 Å². The van der Waals surface area contributed by atoms with Gasteiger partial charge in [0.05, 0.1) is 23.7 Å². The number of hydrogen-bond donors (Lipinski definition) is 1. The van der Waals surface area contributed by atoms with Crippen molar-refractivity contribution in [2.75, 3.05) is 19.0 Å². The normalized spacial score (nSPS) is 18.2. The number of hydrogen-bond acceptors (Lipinski definition) is 5. The van der Waals surface area contributed by atoms with Gasteiger partial charge < -0.3 is 10.1 Å². The third-order valence-corrected chi connectivity index (χ3v) is 7.04.